The highest BCUT2D eigenvalue weighted by molar-refractivity contribution is 5.94. The zero-order valence-corrected chi connectivity index (χ0v) is 10.4. The van der Waals surface area contributed by atoms with Crippen LogP contribution in [0.3, 0.4) is 0 Å². The van der Waals surface area contributed by atoms with Crippen molar-refractivity contribution in [3.8, 4) is 11.5 Å². The number of carbonyl (C=O) groups is 1. The van der Waals surface area contributed by atoms with Crippen molar-refractivity contribution >= 4 is 11.6 Å². The van der Waals surface area contributed by atoms with E-state index in [2.05, 4.69) is 12.2 Å². The molecule has 2 aliphatic rings. The summed E-state index contributed by atoms with van der Waals surface area (Å²) in [5, 5.41) is 2.93. The van der Waals surface area contributed by atoms with Gasteiger partial charge in [0.2, 0.25) is 5.91 Å². The lowest BCUT2D eigenvalue weighted by Gasteiger charge is -2.10. The highest BCUT2D eigenvalue weighted by Crippen LogP contribution is 2.39. The number of hydrogen-bond acceptors (Lipinski definition) is 3. The lowest BCUT2D eigenvalue weighted by atomic mass is 10.2. The van der Waals surface area contributed by atoms with Gasteiger partial charge in [0.05, 0.1) is 13.2 Å². The molecule has 0 unspecified atom stereocenters. The number of nitrogens with one attached hydrogen (secondary N) is 1. The third-order valence-corrected chi connectivity index (χ3v) is 3.46. The van der Waals surface area contributed by atoms with Crippen molar-refractivity contribution in [2.75, 3.05) is 18.5 Å². The van der Waals surface area contributed by atoms with Crippen LogP contribution in [-0.2, 0) is 4.79 Å². The number of ether oxygens (including phenoxy) is 2. The van der Waals surface area contributed by atoms with Gasteiger partial charge in [0.1, 0.15) is 0 Å². The minimum atomic E-state index is 0.108. The second-order valence-corrected chi connectivity index (χ2v) is 5.02. The maximum atomic E-state index is 11.8. The molecule has 4 nitrogen and oxygen atoms in total. The van der Waals surface area contributed by atoms with E-state index in [-0.39, 0.29) is 11.8 Å². The van der Waals surface area contributed by atoms with Crippen LogP contribution in [0.4, 0.5) is 5.69 Å². The molecule has 4 heteroatoms. The number of hydrogen-bond donors (Lipinski definition) is 1. The van der Waals surface area contributed by atoms with E-state index < -0.39 is 0 Å². The molecule has 1 aliphatic carbocycles. The van der Waals surface area contributed by atoms with Gasteiger partial charge in [-0.3, -0.25) is 4.79 Å². The summed E-state index contributed by atoms with van der Waals surface area (Å²) < 4.78 is 11.1. The summed E-state index contributed by atoms with van der Waals surface area (Å²) in [7, 11) is 0. The van der Waals surface area contributed by atoms with Crippen molar-refractivity contribution in [3.05, 3.63) is 18.2 Å². The number of carbonyl (C=O) groups excluding carboxylic acids is 1. The predicted octanol–water partition coefficient (Wildman–Crippen LogP) is 2.44. The number of benzene rings is 1. The van der Waals surface area contributed by atoms with Crippen molar-refractivity contribution in [1.29, 1.82) is 0 Å². The van der Waals surface area contributed by atoms with Gasteiger partial charge in [-0.2, -0.15) is 0 Å². The third kappa shape index (κ3) is 2.28. The summed E-state index contributed by atoms with van der Waals surface area (Å²) >= 11 is 0. The first kappa shape index (κ1) is 11.4. The summed E-state index contributed by atoms with van der Waals surface area (Å²) in [4.78, 5) is 11.8. The fourth-order valence-corrected chi connectivity index (χ4v) is 2.16. The van der Waals surface area contributed by atoms with Crippen molar-refractivity contribution in [1.82, 2.24) is 0 Å². The molecule has 1 fully saturated rings. The van der Waals surface area contributed by atoms with Crippen LogP contribution in [0.1, 0.15) is 19.8 Å². The maximum Gasteiger partial charge on any atom is 0.227 e. The summed E-state index contributed by atoms with van der Waals surface area (Å²) in [5.41, 5.74) is 0.781. The van der Waals surface area contributed by atoms with E-state index in [1.54, 1.807) is 0 Å². The summed E-state index contributed by atoms with van der Waals surface area (Å²) in [6.45, 7) is 3.43. The van der Waals surface area contributed by atoms with Crippen LogP contribution in [0.2, 0.25) is 0 Å². The van der Waals surface area contributed by atoms with Crippen molar-refractivity contribution < 1.29 is 14.3 Å². The molecule has 0 aromatic heterocycles. The monoisotopic (exact) mass is 247 g/mol. The van der Waals surface area contributed by atoms with E-state index >= 15 is 0 Å². The summed E-state index contributed by atoms with van der Waals surface area (Å²) in [6, 6.07) is 5.55. The fraction of sp³-hybridized carbons (Fsp3) is 0.500. The summed E-state index contributed by atoms with van der Waals surface area (Å²) in [5.74, 6) is 2.28. The zero-order valence-electron chi connectivity index (χ0n) is 10.4. The second kappa shape index (κ2) is 4.52. The smallest absolute Gasteiger partial charge is 0.227 e. The lowest BCUT2D eigenvalue weighted by Crippen LogP contribution is -2.14. The molecule has 1 aliphatic heterocycles. The van der Waals surface area contributed by atoms with E-state index in [9.17, 15) is 4.79 Å². The molecule has 0 bridgehead atoms. The Balaban J connectivity index is 1.73. The first-order valence-electron chi connectivity index (χ1n) is 6.44. The van der Waals surface area contributed by atoms with Gasteiger partial charge in [-0.1, -0.05) is 6.92 Å². The molecule has 0 spiro atoms. The van der Waals surface area contributed by atoms with Crippen molar-refractivity contribution in [2.24, 2.45) is 11.8 Å². The van der Waals surface area contributed by atoms with Gasteiger partial charge in [-0.15, -0.1) is 0 Å². The van der Waals surface area contributed by atoms with E-state index in [0.29, 0.717) is 24.9 Å². The van der Waals surface area contributed by atoms with Gasteiger partial charge in [0.25, 0.3) is 0 Å². The number of amides is 1. The Morgan fingerprint density at radius 1 is 1.28 bits per heavy atom. The Hall–Kier alpha value is -1.71. The van der Waals surface area contributed by atoms with Crippen molar-refractivity contribution in [2.45, 2.75) is 19.8 Å². The molecule has 1 amide bonds. The molecule has 18 heavy (non-hydrogen) atoms. The first-order chi connectivity index (χ1) is 8.74. The molecule has 1 heterocycles. The molecule has 0 saturated heterocycles. The van der Waals surface area contributed by atoms with Crippen LogP contribution in [-0.4, -0.2) is 19.1 Å². The zero-order chi connectivity index (χ0) is 12.5. The van der Waals surface area contributed by atoms with E-state index in [1.165, 1.54) is 0 Å². The molecule has 3 rings (SSSR count). The van der Waals surface area contributed by atoms with E-state index in [0.717, 1.165) is 24.3 Å². The average molecular weight is 247 g/mol. The highest BCUT2D eigenvalue weighted by Gasteiger charge is 2.39. The standard InChI is InChI=1S/C14H17NO3/c1-9-7-11(9)14(16)15-10-3-4-12-13(8-10)18-6-2-5-17-12/h3-4,8-9,11H,2,5-7H2,1H3,(H,15,16)/t9-,11+/m1/s1. The molecule has 1 aromatic rings. The van der Waals surface area contributed by atoms with Gasteiger partial charge in [-0.25, -0.2) is 0 Å². The lowest BCUT2D eigenvalue weighted by molar-refractivity contribution is -0.117. The number of rotatable bonds is 2. The Bertz CT molecular complexity index is 472. The maximum absolute atomic E-state index is 11.8. The topological polar surface area (TPSA) is 47.6 Å². The first-order valence-corrected chi connectivity index (χ1v) is 6.44. The highest BCUT2D eigenvalue weighted by atomic mass is 16.5. The number of anilines is 1. The molecule has 0 radical (unpaired) electrons. The minimum Gasteiger partial charge on any atom is -0.490 e. The quantitative estimate of drug-likeness (QED) is 0.873. The van der Waals surface area contributed by atoms with E-state index in [1.807, 2.05) is 18.2 Å². The Labute approximate surface area is 106 Å². The van der Waals surface area contributed by atoms with Gasteiger partial charge in [0, 0.05) is 24.1 Å². The average Bonchev–Trinajstić information content (AvgIpc) is 3.11. The Morgan fingerprint density at radius 3 is 2.72 bits per heavy atom. The molecule has 1 N–H and O–H groups in total. The van der Waals surface area contributed by atoms with Crippen LogP contribution in [0.5, 0.6) is 11.5 Å². The van der Waals surface area contributed by atoms with Crippen LogP contribution in [0.15, 0.2) is 18.2 Å². The van der Waals surface area contributed by atoms with E-state index in [4.69, 9.17) is 9.47 Å². The predicted molar refractivity (Wildman–Crippen MR) is 67.9 cm³/mol. The largest absolute Gasteiger partial charge is 0.490 e. The van der Waals surface area contributed by atoms with Crippen LogP contribution >= 0.6 is 0 Å². The molecule has 2 atom stereocenters. The number of fused-ring (bicyclic) bond motifs is 1. The normalized spacial score (nSPS) is 25.2. The molecular formula is C14H17NO3. The SMILES string of the molecule is C[C@@H]1C[C@@H]1C(=O)Nc1ccc2c(c1)OCCCO2. The van der Waals surface area contributed by atoms with Crippen LogP contribution in [0.25, 0.3) is 0 Å². The van der Waals surface area contributed by atoms with Crippen LogP contribution < -0.4 is 14.8 Å². The molecular weight excluding hydrogens is 230 g/mol. The Morgan fingerprint density at radius 2 is 2.00 bits per heavy atom. The molecule has 1 aromatic carbocycles. The fourth-order valence-electron chi connectivity index (χ4n) is 2.16. The van der Waals surface area contributed by atoms with Crippen molar-refractivity contribution in [3.63, 3.8) is 0 Å². The Kier molecular flexibility index (Phi) is 2.86. The van der Waals surface area contributed by atoms with Gasteiger partial charge < -0.3 is 14.8 Å². The van der Waals surface area contributed by atoms with Gasteiger partial charge in [0.15, 0.2) is 11.5 Å². The molecule has 96 valence electrons. The third-order valence-electron chi connectivity index (χ3n) is 3.46. The van der Waals surface area contributed by atoms with Crippen LogP contribution in [0, 0.1) is 11.8 Å². The minimum absolute atomic E-state index is 0.108. The molecule has 1 saturated carbocycles. The summed E-state index contributed by atoms with van der Waals surface area (Å²) in [6.07, 6.45) is 1.88. The second-order valence-electron chi connectivity index (χ2n) is 5.02. The van der Waals surface area contributed by atoms with Gasteiger partial charge >= 0.3 is 0 Å². The van der Waals surface area contributed by atoms with Gasteiger partial charge in [-0.05, 0) is 24.5 Å².